The van der Waals surface area contributed by atoms with E-state index in [1.807, 2.05) is 0 Å². The van der Waals surface area contributed by atoms with Gasteiger partial charge in [-0.15, -0.1) is 0 Å². The van der Waals surface area contributed by atoms with E-state index in [1.54, 1.807) is 0 Å². The second-order valence-electron chi connectivity index (χ2n) is 31.3. The molecule has 0 spiro atoms. The van der Waals surface area contributed by atoms with E-state index in [1.165, 1.54) is 132 Å². The second kappa shape index (κ2) is 20.1. The molecule has 87 heavy (non-hydrogen) atoms. The quantitative estimate of drug-likeness (QED) is 0.158. The first-order chi connectivity index (χ1) is 40.9. The molecule has 3 aromatic heterocycles. The third kappa shape index (κ3) is 10.3. The lowest BCUT2D eigenvalue weighted by Crippen LogP contribution is -2.10. The predicted octanol–water partition coefficient (Wildman–Crippen LogP) is 23.8. The Bertz CT molecular complexity index is 4130. The number of nitrogens with zero attached hydrogens (tertiary/aromatic N) is 3. The standard InChI is InChI=1S/C84H87N3/c1-79(2,3)58-25-37-73-67(46-58)68-47-59(80(4,5)6)26-38-74(68)85(73)64-31-19-52(20-32-64)55-43-56(53-21-33-65(34-22-53)86-75-39-27-60(81(7,8)9)48-69(75)70-49-61(82(10,11)12)28-40-76(70)86)45-57(44-55)54-23-35-66(36-24-54)87-77-41-29-62(83(13,14)15)50-71(77)72-51-63(84(16,17)18)30-42-78(72)87/h19-51H,1-18H3. The largest absolute Gasteiger partial charge is 0.309 e. The van der Waals surface area contributed by atoms with Crippen LogP contribution in [0.15, 0.2) is 200 Å². The number of hydrogen-bond acceptors (Lipinski definition) is 0. The molecule has 438 valence electrons. The fraction of sp³-hybridized carbons (Fsp3) is 0.286. The van der Waals surface area contributed by atoms with Gasteiger partial charge in [0.15, 0.2) is 0 Å². The first-order valence-corrected chi connectivity index (χ1v) is 31.6. The molecule has 0 saturated carbocycles. The van der Waals surface area contributed by atoms with Crippen molar-refractivity contribution in [1.29, 1.82) is 0 Å². The summed E-state index contributed by atoms with van der Waals surface area (Å²) in [6.45, 7) is 41.6. The SMILES string of the molecule is CC(C)(C)c1ccc2c(c1)c1cc(C(C)(C)C)ccc1n2-c1ccc(-c2cc(-c3ccc(-n4c5ccc(C(C)(C)C)cc5c5cc(C(C)(C)C)ccc54)cc3)cc(-c3ccc(-n4c5ccc(C(C)(C)C)cc5c5cc(C(C)(C)C)ccc54)cc3)c2)cc1. The summed E-state index contributed by atoms with van der Waals surface area (Å²) in [4.78, 5) is 0. The van der Waals surface area contributed by atoms with Crippen LogP contribution in [-0.4, -0.2) is 13.7 Å². The summed E-state index contributed by atoms with van der Waals surface area (Å²) in [5.74, 6) is 0. The molecule has 0 aliphatic rings. The van der Waals surface area contributed by atoms with Crippen molar-refractivity contribution in [2.45, 2.75) is 157 Å². The van der Waals surface area contributed by atoms with Crippen molar-refractivity contribution >= 4 is 65.4 Å². The molecule has 3 heteroatoms. The van der Waals surface area contributed by atoms with Gasteiger partial charge in [-0.1, -0.05) is 197 Å². The van der Waals surface area contributed by atoms with E-state index >= 15 is 0 Å². The van der Waals surface area contributed by atoms with Crippen LogP contribution in [0.4, 0.5) is 0 Å². The Hall–Kier alpha value is -8.40. The molecule has 0 bridgehead atoms. The molecule has 0 amide bonds. The summed E-state index contributed by atoms with van der Waals surface area (Å²) in [7, 11) is 0. The molecule has 0 radical (unpaired) electrons. The van der Waals surface area contributed by atoms with Gasteiger partial charge in [-0.2, -0.15) is 0 Å². The summed E-state index contributed by atoms with van der Waals surface area (Å²) < 4.78 is 7.39. The van der Waals surface area contributed by atoms with Gasteiger partial charge in [-0.05, 0) is 227 Å². The molecule has 13 aromatic rings. The van der Waals surface area contributed by atoms with Crippen molar-refractivity contribution in [3.8, 4) is 50.4 Å². The van der Waals surface area contributed by atoms with Gasteiger partial charge in [-0.3, -0.25) is 0 Å². The molecule has 3 heterocycles. The Morgan fingerprint density at radius 2 is 0.333 bits per heavy atom. The van der Waals surface area contributed by atoms with Crippen molar-refractivity contribution in [3.63, 3.8) is 0 Å². The lowest BCUT2D eigenvalue weighted by Gasteiger charge is -2.19. The number of aromatic nitrogens is 3. The van der Waals surface area contributed by atoms with Gasteiger partial charge >= 0.3 is 0 Å². The van der Waals surface area contributed by atoms with E-state index in [4.69, 9.17) is 0 Å². The zero-order valence-electron chi connectivity index (χ0n) is 54.9. The van der Waals surface area contributed by atoms with Gasteiger partial charge in [0.1, 0.15) is 0 Å². The average molecular weight is 1140 g/mol. The van der Waals surface area contributed by atoms with Crippen LogP contribution in [0, 0.1) is 0 Å². The van der Waals surface area contributed by atoms with Crippen molar-refractivity contribution in [2.75, 3.05) is 0 Å². The number of benzene rings is 10. The number of fused-ring (bicyclic) bond motifs is 9. The van der Waals surface area contributed by atoms with Crippen LogP contribution in [-0.2, 0) is 32.5 Å². The van der Waals surface area contributed by atoms with Crippen LogP contribution in [0.2, 0.25) is 0 Å². The van der Waals surface area contributed by atoms with Crippen molar-refractivity contribution in [2.24, 2.45) is 0 Å². The van der Waals surface area contributed by atoms with Crippen LogP contribution < -0.4 is 0 Å². The van der Waals surface area contributed by atoms with Crippen molar-refractivity contribution in [3.05, 3.63) is 234 Å². The summed E-state index contributed by atoms with van der Waals surface area (Å²) >= 11 is 0. The first-order valence-electron chi connectivity index (χ1n) is 31.6. The average Bonchev–Trinajstić information content (AvgIpc) is 1.64. The van der Waals surface area contributed by atoms with Crippen LogP contribution in [0.3, 0.4) is 0 Å². The van der Waals surface area contributed by atoms with Crippen LogP contribution in [0.5, 0.6) is 0 Å². The molecule has 3 nitrogen and oxygen atoms in total. The number of rotatable bonds is 6. The van der Waals surface area contributed by atoms with Crippen LogP contribution >= 0.6 is 0 Å². The molecule has 0 aliphatic heterocycles. The van der Waals surface area contributed by atoms with E-state index in [2.05, 4.69) is 339 Å². The second-order valence-corrected chi connectivity index (χ2v) is 31.3. The van der Waals surface area contributed by atoms with E-state index in [9.17, 15) is 0 Å². The molecule has 0 fully saturated rings. The van der Waals surface area contributed by atoms with E-state index < -0.39 is 0 Å². The molecule has 10 aromatic carbocycles. The molecule has 13 rings (SSSR count). The minimum absolute atomic E-state index is 0.0309. The Kier molecular flexibility index (Phi) is 13.3. The number of hydrogen-bond donors (Lipinski definition) is 0. The highest BCUT2D eigenvalue weighted by atomic mass is 15.0. The molecule has 0 aliphatic carbocycles. The Morgan fingerprint density at radius 1 is 0.172 bits per heavy atom. The Balaban J connectivity index is 0.945. The maximum atomic E-state index is 2.46. The molecule has 0 unspecified atom stereocenters. The minimum atomic E-state index is 0.0309. The summed E-state index contributed by atoms with van der Waals surface area (Å²) in [5, 5.41) is 7.79. The predicted molar refractivity (Wildman–Crippen MR) is 378 cm³/mol. The topological polar surface area (TPSA) is 14.8 Å². The summed E-state index contributed by atoms with van der Waals surface area (Å²) in [6, 6.07) is 77.6. The highest BCUT2D eigenvalue weighted by Gasteiger charge is 2.26. The normalized spacial score (nSPS) is 13.2. The first kappa shape index (κ1) is 57.7. The molecule has 0 atom stereocenters. The van der Waals surface area contributed by atoms with E-state index in [0.29, 0.717) is 0 Å². The Labute approximate surface area is 517 Å². The van der Waals surface area contributed by atoms with E-state index in [-0.39, 0.29) is 32.5 Å². The van der Waals surface area contributed by atoms with Gasteiger partial charge < -0.3 is 13.7 Å². The van der Waals surface area contributed by atoms with Crippen LogP contribution in [0.1, 0.15) is 158 Å². The zero-order valence-corrected chi connectivity index (χ0v) is 54.9. The smallest absolute Gasteiger partial charge is 0.0541 e. The van der Waals surface area contributed by atoms with Gasteiger partial charge in [0.2, 0.25) is 0 Å². The fourth-order valence-electron chi connectivity index (χ4n) is 13.2. The van der Waals surface area contributed by atoms with Gasteiger partial charge in [-0.25, -0.2) is 0 Å². The van der Waals surface area contributed by atoms with E-state index in [0.717, 1.165) is 17.1 Å². The molecular formula is C84H87N3. The van der Waals surface area contributed by atoms with Gasteiger partial charge in [0.25, 0.3) is 0 Å². The molecule has 0 saturated heterocycles. The van der Waals surface area contributed by atoms with Gasteiger partial charge in [0, 0.05) is 49.4 Å². The Morgan fingerprint density at radius 3 is 0.483 bits per heavy atom. The van der Waals surface area contributed by atoms with Crippen molar-refractivity contribution in [1.82, 2.24) is 13.7 Å². The highest BCUT2D eigenvalue weighted by molar-refractivity contribution is 6.12. The highest BCUT2D eigenvalue weighted by Crippen LogP contribution is 2.43. The third-order valence-corrected chi connectivity index (χ3v) is 18.8. The van der Waals surface area contributed by atoms with Gasteiger partial charge in [0.05, 0.1) is 33.1 Å². The lowest BCUT2D eigenvalue weighted by molar-refractivity contribution is 0.590. The van der Waals surface area contributed by atoms with Crippen molar-refractivity contribution < 1.29 is 0 Å². The van der Waals surface area contributed by atoms with Crippen LogP contribution in [0.25, 0.3) is 116 Å². The summed E-state index contributed by atoms with van der Waals surface area (Å²) in [5.41, 5.74) is 26.1. The summed E-state index contributed by atoms with van der Waals surface area (Å²) in [6.07, 6.45) is 0. The zero-order chi connectivity index (χ0) is 61.7. The lowest BCUT2D eigenvalue weighted by atomic mass is 9.85. The monoisotopic (exact) mass is 1140 g/mol. The molecular weight excluding hydrogens is 1050 g/mol. The third-order valence-electron chi connectivity index (χ3n) is 18.8. The molecule has 0 N–H and O–H groups in total. The maximum Gasteiger partial charge on any atom is 0.0541 e. The fourth-order valence-corrected chi connectivity index (χ4v) is 13.2. The maximum absolute atomic E-state index is 2.46. The minimum Gasteiger partial charge on any atom is -0.309 e.